The van der Waals surface area contributed by atoms with Crippen molar-refractivity contribution in [2.75, 3.05) is 26.4 Å². The molecular weight excluding hydrogens is 402 g/mol. The zero-order valence-electron chi connectivity index (χ0n) is 17.0. The molecule has 0 radical (unpaired) electrons. The SMILES string of the molecule is CCN1CCC2(CC1)N=C(c1ccc3c(c1)OCO3)C[C@H](c1cc(Cl)ccc1O)N2. The summed E-state index contributed by atoms with van der Waals surface area (Å²) in [4.78, 5) is 7.68. The summed E-state index contributed by atoms with van der Waals surface area (Å²) < 4.78 is 11.1. The number of hydrogen-bond donors (Lipinski definition) is 2. The Labute approximate surface area is 181 Å². The van der Waals surface area contributed by atoms with Crippen LogP contribution in [0.5, 0.6) is 17.2 Å². The molecule has 0 saturated carbocycles. The van der Waals surface area contributed by atoms with Crippen LogP contribution in [0.4, 0.5) is 0 Å². The molecular formula is C23H26ClN3O3. The number of fused-ring (bicyclic) bond motifs is 1. The first-order valence-electron chi connectivity index (χ1n) is 10.5. The number of piperidine rings is 1. The van der Waals surface area contributed by atoms with Gasteiger partial charge in [-0.15, -0.1) is 0 Å². The van der Waals surface area contributed by atoms with Gasteiger partial charge in [-0.3, -0.25) is 10.3 Å². The second-order valence-corrected chi connectivity index (χ2v) is 8.63. The number of aromatic hydroxyl groups is 1. The maximum atomic E-state index is 10.6. The van der Waals surface area contributed by atoms with Crippen LogP contribution in [-0.2, 0) is 0 Å². The Morgan fingerprint density at radius 3 is 2.77 bits per heavy atom. The summed E-state index contributed by atoms with van der Waals surface area (Å²) >= 11 is 6.26. The van der Waals surface area contributed by atoms with Gasteiger partial charge in [0.25, 0.3) is 0 Å². The minimum Gasteiger partial charge on any atom is -0.508 e. The molecule has 7 heteroatoms. The van der Waals surface area contributed by atoms with Crippen molar-refractivity contribution in [2.24, 2.45) is 4.99 Å². The third-order valence-corrected chi connectivity index (χ3v) is 6.63. The molecule has 0 aliphatic carbocycles. The van der Waals surface area contributed by atoms with Gasteiger partial charge in [-0.1, -0.05) is 18.5 Å². The van der Waals surface area contributed by atoms with E-state index >= 15 is 0 Å². The number of rotatable bonds is 3. The Balaban J connectivity index is 1.53. The fourth-order valence-corrected chi connectivity index (χ4v) is 4.83. The highest BCUT2D eigenvalue weighted by Crippen LogP contribution is 2.40. The second kappa shape index (κ2) is 7.76. The van der Waals surface area contributed by atoms with Gasteiger partial charge in [-0.25, -0.2) is 0 Å². The van der Waals surface area contributed by atoms with Gasteiger partial charge in [0.15, 0.2) is 11.5 Å². The smallest absolute Gasteiger partial charge is 0.231 e. The molecule has 0 unspecified atom stereocenters. The molecule has 2 aromatic rings. The minimum absolute atomic E-state index is 0.0743. The molecule has 0 amide bonds. The standard InChI is InChI=1S/C23H26ClN3O3/c1-2-27-9-7-23(8-10-27)25-18(15-3-6-21-22(11-15)30-14-29-21)13-19(26-23)17-12-16(24)4-5-20(17)28/h3-6,11-12,19,26,28H,2,7-10,13-14H2,1H3/t19-/m1/s1. The summed E-state index contributed by atoms with van der Waals surface area (Å²) in [7, 11) is 0. The molecule has 0 aromatic heterocycles. The monoisotopic (exact) mass is 427 g/mol. The number of phenols is 1. The maximum Gasteiger partial charge on any atom is 0.231 e. The number of likely N-dealkylation sites (tertiary alicyclic amines) is 1. The highest BCUT2D eigenvalue weighted by Gasteiger charge is 2.40. The zero-order valence-corrected chi connectivity index (χ0v) is 17.8. The van der Waals surface area contributed by atoms with Crippen LogP contribution in [0.2, 0.25) is 5.02 Å². The van der Waals surface area contributed by atoms with Crippen LogP contribution in [0, 0.1) is 0 Å². The lowest BCUT2D eigenvalue weighted by Gasteiger charge is -2.45. The molecule has 158 valence electrons. The Morgan fingerprint density at radius 1 is 1.17 bits per heavy atom. The van der Waals surface area contributed by atoms with Crippen LogP contribution in [0.1, 0.15) is 43.4 Å². The summed E-state index contributed by atoms with van der Waals surface area (Å²) in [6.07, 6.45) is 2.51. The first kappa shape index (κ1) is 19.7. The van der Waals surface area contributed by atoms with Gasteiger partial charge in [0.1, 0.15) is 11.4 Å². The van der Waals surface area contributed by atoms with Crippen molar-refractivity contribution < 1.29 is 14.6 Å². The van der Waals surface area contributed by atoms with E-state index in [1.54, 1.807) is 12.1 Å². The van der Waals surface area contributed by atoms with E-state index < -0.39 is 0 Å². The number of nitrogens with zero attached hydrogens (tertiary/aromatic N) is 2. The molecule has 1 atom stereocenters. The van der Waals surface area contributed by atoms with Crippen LogP contribution < -0.4 is 14.8 Å². The van der Waals surface area contributed by atoms with Crippen LogP contribution in [0.3, 0.4) is 0 Å². The van der Waals surface area contributed by atoms with E-state index in [-0.39, 0.29) is 24.2 Å². The fourth-order valence-electron chi connectivity index (χ4n) is 4.65. The first-order chi connectivity index (χ1) is 14.5. The number of nitrogens with one attached hydrogen (secondary N) is 1. The van der Waals surface area contributed by atoms with Gasteiger partial charge >= 0.3 is 0 Å². The highest BCUT2D eigenvalue weighted by molar-refractivity contribution is 6.30. The predicted molar refractivity (Wildman–Crippen MR) is 117 cm³/mol. The van der Waals surface area contributed by atoms with Crippen molar-refractivity contribution in [3.63, 3.8) is 0 Å². The van der Waals surface area contributed by atoms with Crippen molar-refractivity contribution in [1.82, 2.24) is 10.2 Å². The van der Waals surface area contributed by atoms with E-state index in [0.29, 0.717) is 11.4 Å². The van der Waals surface area contributed by atoms with E-state index in [1.165, 1.54) is 0 Å². The van der Waals surface area contributed by atoms with E-state index in [1.807, 2.05) is 24.3 Å². The Hall–Kier alpha value is -2.28. The van der Waals surface area contributed by atoms with Gasteiger partial charge in [0.2, 0.25) is 6.79 Å². The summed E-state index contributed by atoms with van der Waals surface area (Å²) in [5.74, 6) is 1.78. The van der Waals surface area contributed by atoms with Gasteiger partial charge in [0.05, 0.1) is 0 Å². The third kappa shape index (κ3) is 3.64. The van der Waals surface area contributed by atoms with Gasteiger partial charge in [-0.05, 0) is 61.3 Å². The molecule has 2 aromatic carbocycles. The topological polar surface area (TPSA) is 66.3 Å². The summed E-state index contributed by atoms with van der Waals surface area (Å²) in [5.41, 5.74) is 2.51. The van der Waals surface area contributed by atoms with Crippen molar-refractivity contribution in [3.05, 3.63) is 52.5 Å². The van der Waals surface area contributed by atoms with Crippen molar-refractivity contribution in [3.8, 4) is 17.2 Å². The Kier molecular flexibility index (Phi) is 5.09. The van der Waals surface area contributed by atoms with E-state index in [9.17, 15) is 5.11 Å². The lowest BCUT2D eigenvalue weighted by atomic mass is 9.87. The molecule has 3 aliphatic rings. The van der Waals surface area contributed by atoms with Crippen molar-refractivity contribution in [1.29, 1.82) is 0 Å². The molecule has 0 bridgehead atoms. The molecule has 3 aliphatic heterocycles. The third-order valence-electron chi connectivity index (χ3n) is 6.39. The van der Waals surface area contributed by atoms with Gasteiger partial charge in [0, 0.05) is 41.8 Å². The lowest BCUT2D eigenvalue weighted by Crippen LogP contribution is -2.56. The number of phenolic OH excluding ortho intramolecular Hbond substituents is 1. The summed E-state index contributed by atoms with van der Waals surface area (Å²) in [6, 6.07) is 11.2. The molecule has 6 nitrogen and oxygen atoms in total. The van der Waals surface area contributed by atoms with Crippen LogP contribution in [-0.4, -0.2) is 47.8 Å². The number of ether oxygens (including phenoxy) is 2. The summed E-state index contributed by atoms with van der Waals surface area (Å²) in [6.45, 7) is 5.49. The average Bonchev–Trinajstić information content (AvgIpc) is 3.23. The molecule has 30 heavy (non-hydrogen) atoms. The average molecular weight is 428 g/mol. The summed E-state index contributed by atoms with van der Waals surface area (Å²) in [5, 5.41) is 14.9. The minimum atomic E-state index is -0.352. The largest absolute Gasteiger partial charge is 0.508 e. The Morgan fingerprint density at radius 2 is 1.97 bits per heavy atom. The van der Waals surface area contributed by atoms with E-state index in [2.05, 4.69) is 17.1 Å². The number of benzene rings is 2. The van der Waals surface area contributed by atoms with E-state index in [4.69, 9.17) is 26.1 Å². The van der Waals surface area contributed by atoms with Crippen LogP contribution in [0.15, 0.2) is 41.4 Å². The molecule has 2 N–H and O–H groups in total. The molecule has 3 heterocycles. The Bertz CT molecular complexity index is 986. The molecule has 1 spiro atoms. The highest BCUT2D eigenvalue weighted by atomic mass is 35.5. The van der Waals surface area contributed by atoms with Crippen LogP contribution in [0.25, 0.3) is 0 Å². The molecule has 5 rings (SSSR count). The normalized spacial score (nSPS) is 22.9. The second-order valence-electron chi connectivity index (χ2n) is 8.20. The van der Waals surface area contributed by atoms with Gasteiger partial charge in [-0.2, -0.15) is 0 Å². The fraction of sp³-hybridized carbons (Fsp3) is 0.435. The number of hydrogen-bond acceptors (Lipinski definition) is 6. The predicted octanol–water partition coefficient (Wildman–Crippen LogP) is 4.11. The lowest BCUT2D eigenvalue weighted by molar-refractivity contribution is 0.129. The first-order valence-corrected chi connectivity index (χ1v) is 10.9. The van der Waals surface area contributed by atoms with Crippen molar-refractivity contribution >= 4 is 17.3 Å². The number of aliphatic imine (C=N–C) groups is 1. The van der Waals surface area contributed by atoms with Crippen molar-refractivity contribution in [2.45, 2.75) is 37.9 Å². The quantitative estimate of drug-likeness (QED) is 0.771. The van der Waals surface area contributed by atoms with Crippen LogP contribution >= 0.6 is 11.6 Å². The number of halogens is 1. The van der Waals surface area contributed by atoms with Gasteiger partial charge < -0.3 is 19.5 Å². The van der Waals surface area contributed by atoms with E-state index in [0.717, 1.165) is 60.8 Å². The molecule has 1 fully saturated rings. The maximum absolute atomic E-state index is 10.6. The molecule has 1 saturated heterocycles. The zero-order chi connectivity index (χ0) is 20.7.